The normalized spacial score (nSPS) is 19.7. The number of amidine groups is 1. The van der Waals surface area contributed by atoms with Gasteiger partial charge in [0.15, 0.2) is 0 Å². The molecule has 1 aliphatic rings. The number of amides is 2. The fourth-order valence-corrected chi connectivity index (χ4v) is 2.54. The van der Waals surface area contributed by atoms with E-state index in [4.69, 9.17) is 0 Å². The average Bonchev–Trinajstić information content (AvgIpc) is 2.94. The van der Waals surface area contributed by atoms with E-state index in [2.05, 4.69) is 10.3 Å². The molecule has 1 unspecified atom stereocenters. The maximum absolute atomic E-state index is 13.7. The quantitative estimate of drug-likeness (QED) is 0.750. The maximum atomic E-state index is 13.7. The van der Waals surface area contributed by atoms with Crippen molar-refractivity contribution in [3.8, 4) is 0 Å². The van der Waals surface area contributed by atoms with Gasteiger partial charge in [-0.1, -0.05) is 35.9 Å². The zero-order valence-electron chi connectivity index (χ0n) is 13.6. The number of nitrogens with one attached hydrogen (secondary N) is 3. The Bertz CT molecular complexity index is 877. The Morgan fingerprint density at radius 2 is 1.69 bits per heavy atom. The summed E-state index contributed by atoms with van der Waals surface area (Å²) in [7, 11) is 0. The summed E-state index contributed by atoms with van der Waals surface area (Å²) >= 11 is 0. The first-order valence-electron chi connectivity index (χ1n) is 7.71. The molecule has 1 aliphatic heterocycles. The number of carbonyl (C=O) groups excluding carboxylic acids is 2. The molecule has 134 valence electrons. The summed E-state index contributed by atoms with van der Waals surface area (Å²) in [5, 5.41) is 3.98. The van der Waals surface area contributed by atoms with Crippen LogP contribution >= 0.6 is 0 Å². The van der Waals surface area contributed by atoms with Crippen LogP contribution in [-0.4, -0.2) is 29.5 Å². The molecule has 3 rings (SSSR count). The molecule has 2 aromatic carbocycles. The van der Waals surface area contributed by atoms with Crippen LogP contribution in [0.2, 0.25) is 0 Å². The summed E-state index contributed by atoms with van der Waals surface area (Å²) in [4.78, 5) is 26.6. The maximum Gasteiger partial charge on any atom is 0.465 e. The highest BCUT2D eigenvalue weighted by Gasteiger charge is 2.70. The second-order valence-corrected chi connectivity index (χ2v) is 5.89. The van der Waals surface area contributed by atoms with Gasteiger partial charge in [0, 0.05) is 5.56 Å². The van der Waals surface area contributed by atoms with Crippen molar-refractivity contribution >= 4 is 17.6 Å². The molecule has 3 N–H and O–H groups in total. The molecule has 0 aromatic heterocycles. The van der Waals surface area contributed by atoms with Crippen LogP contribution in [0.1, 0.15) is 21.5 Å². The van der Waals surface area contributed by atoms with Gasteiger partial charge >= 0.3 is 17.7 Å². The van der Waals surface area contributed by atoms with E-state index in [1.807, 2.05) is 6.92 Å². The monoisotopic (exact) mass is 362 g/mol. The van der Waals surface area contributed by atoms with Crippen LogP contribution in [0.25, 0.3) is 0 Å². The molecule has 1 atom stereocenters. The van der Waals surface area contributed by atoms with E-state index in [0.717, 1.165) is 5.56 Å². The molecule has 1 heterocycles. The van der Waals surface area contributed by atoms with Gasteiger partial charge in [-0.3, -0.25) is 10.1 Å². The van der Waals surface area contributed by atoms with Crippen molar-refractivity contribution in [3.05, 3.63) is 71.3 Å². The third-order valence-electron chi connectivity index (χ3n) is 3.99. The van der Waals surface area contributed by atoms with E-state index < -0.39 is 23.7 Å². The third-order valence-corrected chi connectivity index (χ3v) is 3.99. The van der Waals surface area contributed by atoms with Gasteiger partial charge in [-0.15, -0.1) is 0 Å². The van der Waals surface area contributed by atoms with Crippen LogP contribution in [0.3, 0.4) is 0 Å². The minimum Gasteiger partial charge on any atom is -0.293 e. The van der Waals surface area contributed by atoms with Crippen molar-refractivity contribution in [2.75, 3.05) is 0 Å². The van der Waals surface area contributed by atoms with Crippen LogP contribution in [0.15, 0.2) is 54.6 Å². The zero-order chi connectivity index (χ0) is 18.9. The lowest BCUT2D eigenvalue weighted by Crippen LogP contribution is -2.96. The number of aryl methyl sites for hydroxylation is 1. The van der Waals surface area contributed by atoms with Crippen LogP contribution in [0.4, 0.5) is 13.2 Å². The molecule has 0 radical (unpaired) electrons. The van der Waals surface area contributed by atoms with E-state index in [9.17, 15) is 22.8 Å². The van der Waals surface area contributed by atoms with E-state index in [1.165, 1.54) is 24.3 Å². The van der Waals surface area contributed by atoms with Crippen LogP contribution in [-0.2, 0) is 4.79 Å². The lowest BCUT2D eigenvalue weighted by molar-refractivity contribution is -0.580. The summed E-state index contributed by atoms with van der Waals surface area (Å²) in [5.74, 6) is -2.54. The molecular weight excluding hydrogens is 347 g/mol. The molecule has 2 aromatic rings. The summed E-state index contributed by atoms with van der Waals surface area (Å²) in [6.45, 7) is 1.83. The standard InChI is InChI=1S/C18H14F3N3O2/c1-11-7-9-12(10-8-11)14-22-16(26)17(23-14,18(19,20)21)24-15(25)13-5-3-2-4-6-13/h2-10H,1H3,(H,24,25)(H,22,23,26)/p+1. The van der Waals surface area contributed by atoms with Crippen molar-refractivity contribution in [3.63, 3.8) is 0 Å². The highest BCUT2D eigenvalue weighted by atomic mass is 19.4. The highest BCUT2D eigenvalue weighted by Crippen LogP contribution is 2.27. The van der Waals surface area contributed by atoms with Crippen LogP contribution in [0.5, 0.6) is 0 Å². The Morgan fingerprint density at radius 3 is 2.27 bits per heavy atom. The smallest absolute Gasteiger partial charge is 0.293 e. The van der Waals surface area contributed by atoms with Crippen molar-refractivity contribution in [1.29, 1.82) is 0 Å². The summed E-state index contributed by atoms with van der Waals surface area (Å²) < 4.78 is 41.2. The number of halogens is 3. The third kappa shape index (κ3) is 3.05. The van der Waals surface area contributed by atoms with Crippen LogP contribution < -0.4 is 15.6 Å². The molecule has 0 spiro atoms. The number of rotatable bonds is 3. The van der Waals surface area contributed by atoms with Crippen molar-refractivity contribution in [2.24, 2.45) is 0 Å². The van der Waals surface area contributed by atoms with Crippen LogP contribution in [0, 0.1) is 6.92 Å². The largest absolute Gasteiger partial charge is 0.465 e. The lowest BCUT2D eigenvalue weighted by atomic mass is 10.1. The van der Waals surface area contributed by atoms with Gasteiger partial charge in [-0.25, -0.2) is 15.1 Å². The summed E-state index contributed by atoms with van der Waals surface area (Å²) in [5.41, 5.74) is -1.96. The second kappa shape index (κ2) is 6.29. The van der Waals surface area contributed by atoms with Gasteiger partial charge in [-0.2, -0.15) is 13.2 Å². The molecule has 26 heavy (non-hydrogen) atoms. The minimum absolute atomic E-state index is 0.00881. The molecule has 0 saturated heterocycles. The zero-order valence-corrected chi connectivity index (χ0v) is 13.6. The van der Waals surface area contributed by atoms with E-state index >= 15 is 0 Å². The van der Waals surface area contributed by atoms with E-state index in [-0.39, 0.29) is 11.4 Å². The molecule has 0 fully saturated rings. The Labute approximate surface area is 146 Å². The molecular formula is C18H15F3N3O2+. The van der Waals surface area contributed by atoms with E-state index in [0.29, 0.717) is 5.56 Å². The fourth-order valence-electron chi connectivity index (χ4n) is 2.54. The number of hydrogen-bond acceptors (Lipinski definition) is 2. The highest BCUT2D eigenvalue weighted by molar-refractivity contribution is 6.11. The number of carbonyl (C=O) groups is 2. The Kier molecular flexibility index (Phi) is 4.27. The lowest BCUT2D eigenvalue weighted by Gasteiger charge is -2.23. The van der Waals surface area contributed by atoms with Gasteiger partial charge < -0.3 is 0 Å². The van der Waals surface area contributed by atoms with Crippen molar-refractivity contribution < 1.29 is 27.8 Å². The van der Waals surface area contributed by atoms with Gasteiger partial charge in [0.1, 0.15) is 0 Å². The molecule has 0 aliphatic carbocycles. The molecule has 0 bridgehead atoms. The first-order valence-corrected chi connectivity index (χ1v) is 7.71. The summed E-state index contributed by atoms with van der Waals surface area (Å²) in [6.07, 6.45) is -5.06. The van der Waals surface area contributed by atoms with Gasteiger partial charge in [0.05, 0.1) is 5.56 Å². The van der Waals surface area contributed by atoms with E-state index in [1.54, 1.807) is 35.6 Å². The SMILES string of the molecule is Cc1ccc(C2=[NH+]C(NC(=O)c3ccccc3)(C(F)(F)F)C(=O)N2)cc1. The predicted octanol–water partition coefficient (Wildman–Crippen LogP) is 0.641. The molecule has 0 saturated carbocycles. The summed E-state index contributed by atoms with van der Waals surface area (Å²) in [6, 6.07) is 13.9. The minimum atomic E-state index is -5.06. The number of alkyl halides is 3. The van der Waals surface area contributed by atoms with Crippen molar-refractivity contribution in [2.45, 2.75) is 18.8 Å². The Balaban J connectivity index is 2.01. The number of hydrogen-bond donors (Lipinski definition) is 3. The first kappa shape index (κ1) is 17.7. The molecule has 8 heteroatoms. The molecule has 5 nitrogen and oxygen atoms in total. The predicted molar refractivity (Wildman–Crippen MR) is 87.1 cm³/mol. The average molecular weight is 362 g/mol. The molecule has 2 amide bonds. The number of benzene rings is 2. The Hall–Kier alpha value is -3.16. The second-order valence-electron chi connectivity index (χ2n) is 5.89. The topological polar surface area (TPSA) is 72.2 Å². The van der Waals surface area contributed by atoms with Gasteiger partial charge in [0.2, 0.25) is 0 Å². The Morgan fingerprint density at radius 1 is 1.08 bits per heavy atom. The van der Waals surface area contributed by atoms with Gasteiger partial charge in [-0.05, 0) is 31.2 Å². The van der Waals surface area contributed by atoms with Gasteiger partial charge in [0.25, 0.3) is 11.7 Å². The van der Waals surface area contributed by atoms with Crippen molar-refractivity contribution in [1.82, 2.24) is 10.6 Å². The fraction of sp³-hybridized carbons (Fsp3) is 0.167. The first-order chi connectivity index (χ1) is 12.2.